The number of carbonyl (C=O) groups excluding carboxylic acids is 2. The number of ketones is 2. The minimum Gasteiger partial charge on any atom is -0.299 e. The molecule has 0 unspecified atom stereocenters. The number of hydrogen-bond donors (Lipinski definition) is 0. The van der Waals surface area contributed by atoms with Crippen molar-refractivity contribution in [3.8, 4) is 11.1 Å². The van der Waals surface area contributed by atoms with E-state index >= 15 is 0 Å². The van der Waals surface area contributed by atoms with Crippen LogP contribution in [0.5, 0.6) is 0 Å². The number of likely N-dealkylation sites (tertiary alicyclic amines) is 1. The summed E-state index contributed by atoms with van der Waals surface area (Å²) in [6.07, 6.45) is 3.31. The molecule has 26 heavy (non-hydrogen) atoms. The number of piperidine rings is 1. The molecule has 0 radical (unpaired) electrons. The summed E-state index contributed by atoms with van der Waals surface area (Å²) in [6.45, 7) is 2.88. The summed E-state index contributed by atoms with van der Waals surface area (Å²) in [7, 11) is 0. The minimum absolute atomic E-state index is 0.0416. The standard InChI is InChI=1S/C23H25NO2/c25-21-14-22(26)16-23(15-21)10-12-24(13-11-23)17-18-6-8-20(9-7-18)19-4-2-1-3-5-19/h1-9H,10-17H2. The lowest BCUT2D eigenvalue weighted by Crippen LogP contribution is -2.44. The summed E-state index contributed by atoms with van der Waals surface area (Å²) in [5.74, 6) is 0.289. The van der Waals surface area contributed by atoms with Crippen molar-refractivity contribution in [1.82, 2.24) is 4.90 Å². The predicted molar refractivity (Wildman–Crippen MR) is 103 cm³/mol. The van der Waals surface area contributed by atoms with Crippen molar-refractivity contribution in [2.24, 2.45) is 5.41 Å². The number of hydrogen-bond acceptors (Lipinski definition) is 3. The number of benzene rings is 2. The van der Waals surface area contributed by atoms with Gasteiger partial charge in [0.2, 0.25) is 0 Å². The van der Waals surface area contributed by atoms with E-state index in [2.05, 4.69) is 53.4 Å². The number of Topliss-reactive ketones (excluding diaryl/α,β-unsaturated/α-hetero) is 2. The minimum atomic E-state index is -0.0416. The highest BCUT2D eigenvalue weighted by molar-refractivity contribution is 6.02. The number of rotatable bonds is 3. The smallest absolute Gasteiger partial charge is 0.140 e. The molecule has 3 heteroatoms. The van der Waals surface area contributed by atoms with Gasteiger partial charge >= 0.3 is 0 Å². The van der Waals surface area contributed by atoms with Crippen molar-refractivity contribution in [3.63, 3.8) is 0 Å². The van der Waals surface area contributed by atoms with Crippen LogP contribution in [0.2, 0.25) is 0 Å². The Kier molecular flexibility index (Phi) is 4.73. The van der Waals surface area contributed by atoms with Crippen LogP contribution in [0.1, 0.15) is 37.7 Å². The van der Waals surface area contributed by atoms with Crippen molar-refractivity contribution in [3.05, 3.63) is 60.2 Å². The molecule has 0 N–H and O–H groups in total. The van der Waals surface area contributed by atoms with Crippen LogP contribution in [0.4, 0.5) is 0 Å². The van der Waals surface area contributed by atoms with Crippen LogP contribution in [0.25, 0.3) is 11.1 Å². The fourth-order valence-corrected chi connectivity index (χ4v) is 4.47. The number of carbonyl (C=O) groups is 2. The van der Waals surface area contributed by atoms with Crippen molar-refractivity contribution in [2.45, 2.75) is 38.6 Å². The molecule has 0 atom stereocenters. The first-order valence-electron chi connectivity index (χ1n) is 9.52. The summed E-state index contributed by atoms with van der Waals surface area (Å²) in [5.41, 5.74) is 3.76. The van der Waals surface area contributed by atoms with E-state index < -0.39 is 0 Å². The van der Waals surface area contributed by atoms with Gasteiger partial charge in [-0.05, 0) is 48.0 Å². The quantitative estimate of drug-likeness (QED) is 0.779. The van der Waals surface area contributed by atoms with Crippen molar-refractivity contribution < 1.29 is 9.59 Å². The second kappa shape index (κ2) is 7.16. The highest BCUT2D eigenvalue weighted by Crippen LogP contribution is 2.42. The Morgan fingerprint density at radius 2 is 1.35 bits per heavy atom. The SMILES string of the molecule is O=C1CC(=O)CC2(CCN(Cc3ccc(-c4ccccc4)cc3)CC2)C1. The fraction of sp³-hybridized carbons (Fsp3) is 0.391. The van der Waals surface area contributed by atoms with Crippen molar-refractivity contribution >= 4 is 11.6 Å². The molecule has 1 aliphatic heterocycles. The molecule has 2 aromatic carbocycles. The molecule has 0 amide bonds. The highest BCUT2D eigenvalue weighted by atomic mass is 16.1. The highest BCUT2D eigenvalue weighted by Gasteiger charge is 2.41. The molecular formula is C23H25NO2. The molecule has 0 bridgehead atoms. The monoisotopic (exact) mass is 347 g/mol. The summed E-state index contributed by atoms with van der Waals surface area (Å²) >= 11 is 0. The van der Waals surface area contributed by atoms with Gasteiger partial charge in [-0.25, -0.2) is 0 Å². The van der Waals surface area contributed by atoms with Gasteiger partial charge in [-0.3, -0.25) is 14.5 Å². The summed E-state index contributed by atoms with van der Waals surface area (Å²) in [5, 5.41) is 0. The molecule has 2 fully saturated rings. The Bertz CT molecular complexity index is 769. The van der Waals surface area contributed by atoms with Gasteiger partial charge < -0.3 is 0 Å². The molecule has 1 spiro atoms. The maximum absolute atomic E-state index is 11.8. The molecule has 0 aromatic heterocycles. The average molecular weight is 347 g/mol. The molecular weight excluding hydrogens is 322 g/mol. The molecule has 1 aliphatic carbocycles. The summed E-state index contributed by atoms with van der Waals surface area (Å²) in [6, 6.07) is 19.2. The molecule has 1 saturated carbocycles. The zero-order valence-electron chi connectivity index (χ0n) is 15.1. The van der Waals surface area contributed by atoms with Gasteiger partial charge in [-0.1, -0.05) is 54.6 Å². The zero-order chi connectivity index (χ0) is 18.0. The van der Waals surface area contributed by atoms with Crippen LogP contribution >= 0.6 is 0 Å². The maximum atomic E-state index is 11.8. The maximum Gasteiger partial charge on any atom is 0.140 e. The second-order valence-corrected chi connectivity index (χ2v) is 7.95. The van der Waals surface area contributed by atoms with E-state index in [0.717, 1.165) is 32.5 Å². The van der Waals surface area contributed by atoms with Crippen molar-refractivity contribution in [1.29, 1.82) is 0 Å². The van der Waals surface area contributed by atoms with Crippen molar-refractivity contribution in [2.75, 3.05) is 13.1 Å². The van der Waals surface area contributed by atoms with E-state index in [-0.39, 0.29) is 23.4 Å². The van der Waals surface area contributed by atoms with Gasteiger partial charge in [-0.2, -0.15) is 0 Å². The third kappa shape index (κ3) is 3.78. The third-order valence-corrected chi connectivity index (χ3v) is 5.92. The summed E-state index contributed by atoms with van der Waals surface area (Å²) in [4.78, 5) is 26.1. The topological polar surface area (TPSA) is 37.4 Å². The molecule has 2 aromatic rings. The van der Waals surface area contributed by atoms with Gasteiger partial charge in [-0.15, -0.1) is 0 Å². The van der Waals surface area contributed by atoms with Crippen LogP contribution in [-0.4, -0.2) is 29.6 Å². The first-order chi connectivity index (χ1) is 12.6. The van der Waals surface area contributed by atoms with E-state index in [1.807, 2.05) is 6.07 Å². The lowest BCUT2D eigenvalue weighted by Gasteiger charge is -2.43. The van der Waals surface area contributed by atoms with Gasteiger partial charge in [0.1, 0.15) is 11.6 Å². The fourth-order valence-electron chi connectivity index (χ4n) is 4.47. The van der Waals surface area contributed by atoms with E-state index in [1.54, 1.807) is 0 Å². The Balaban J connectivity index is 1.36. The summed E-state index contributed by atoms with van der Waals surface area (Å²) < 4.78 is 0. The Morgan fingerprint density at radius 1 is 0.769 bits per heavy atom. The van der Waals surface area contributed by atoms with Crippen LogP contribution in [0.3, 0.4) is 0 Å². The molecule has 3 nitrogen and oxygen atoms in total. The van der Waals surface area contributed by atoms with Gasteiger partial charge in [0.25, 0.3) is 0 Å². The predicted octanol–water partition coefficient (Wildman–Crippen LogP) is 4.26. The van der Waals surface area contributed by atoms with E-state index in [0.29, 0.717) is 12.8 Å². The van der Waals surface area contributed by atoms with E-state index in [4.69, 9.17) is 0 Å². The second-order valence-electron chi connectivity index (χ2n) is 7.95. The third-order valence-electron chi connectivity index (χ3n) is 5.92. The van der Waals surface area contributed by atoms with Crippen LogP contribution in [0.15, 0.2) is 54.6 Å². The Labute approximate surface area is 155 Å². The van der Waals surface area contributed by atoms with Crippen LogP contribution in [-0.2, 0) is 16.1 Å². The van der Waals surface area contributed by atoms with Gasteiger partial charge in [0, 0.05) is 19.4 Å². The molecule has 134 valence electrons. The lowest BCUT2D eigenvalue weighted by atomic mass is 9.67. The molecule has 1 heterocycles. The average Bonchev–Trinajstić information content (AvgIpc) is 2.64. The Morgan fingerprint density at radius 3 is 1.96 bits per heavy atom. The van der Waals surface area contributed by atoms with Crippen LogP contribution < -0.4 is 0 Å². The molecule has 4 rings (SSSR count). The van der Waals surface area contributed by atoms with E-state index in [9.17, 15) is 9.59 Å². The molecule has 1 saturated heterocycles. The lowest BCUT2D eigenvalue weighted by molar-refractivity contribution is -0.135. The van der Waals surface area contributed by atoms with Crippen LogP contribution in [0, 0.1) is 5.41 Å². The number of nitrogens with zero attached hydrogens (tertiary/aromatic N) is 1. The largest absolute Gasteiger partial charge is 0.299 e. The first-order valence-corrected chi connectivity index (χ1v) is 9.52. The van der Waals surface area contributed by atoms with Gasteiger partial charge in [0.15, 0.2) is 0 Å². The van der Waals surface area contributed by atoms with Gasteiger partial charge in [0.05, 0.1) is 6.42 Å². The first kappa shape index (κ1) is 17.2. The van der Waals surface area contributed by atoms with E-state index in [1.165, 1.54) is 16.7 Å². The molecule has 2 aliphatic rings. The zero-order valence-corrected chi connectivity index (χ0v) is 15.1. The Hall–Kier alpha value is -2.26. The normalized spacial score (nSPS) is 20.5.